The Hall–Kier alpha value is -2.09. The first-order chi connectivity index (χ1) is 11.0. The average Bonchev–Trinajstić information content (AvgIpc) is 3.01. The van der Waals surface area contributed by atoms with E-state index in [1.807, 2.05) is 0 Å². The Morgan fingerprint density at radius 1 is 1.38 bits per heavy atom. The number of nitrogens with zero attached hydrogens (tertiary/aromatic N) is 1. The van der Waals surface area contributed by atoms with E-state index in [0.717, 1.165) is 4.90 Å². The summed E-state index contributed by atoms with van der Waals surface area (Å²) in [4.78, 5) is 37.4. The molecule has 4 atom stereocenters. The van der Waals surface area contributed by atoms with E-state index in [1.54, 1.807) is 20.8 Å². The van der Waals surface area contributed by atoms with Gasteiger partial charge in [0.15, 0.2) is 0 Å². The van der Waals surface area contributed by atoms with Gasteiger partial charge in [0.25, 0.3) is 0 Å². The molecule has 0 aromatic carbocycles. The Morgan fingerprint density at radius 3 is 2.46 bits per heavy atom. The highest BCUT2D eigenvalue weighted by Crippen LogP contribution is 2.44. The van der Waals surface area contributed by atoms with Gasteiger partial charge in [-0.25, -0.2) is 9.59 Å². The first-order valence-electron chi connectivity index (χ1n) is 7.86. The van der Waals surface area contributed by atoms with Gasteiger partial charge in [0.05, 0.1) is 12.6 Å². The molecule has 1 saturated heterocycles. The minimum atomic E-state index is -1.37. The van der Waals surface area contributed by atoms with Crippen molar-refractivity contribution in [3.63, 3.8) is 0 Å². The minimum Gasteiger partial charge on any atom is -0.479 e. The highest BCUT2D eigenvalue weighted by Gasteiger charge is 2.61. The number of likely N-dealkylation sites (tertiary alicyclic amines) is 1. The van der Waals surface area contributed by atoms with Crippen LogP contribution in [-0.4, -0.2) is 62.9 Å². The molecular weight excluding hydrogens is 316 g/mol. The summed E-state index contributed by atoms with van der Waals surface area (Å²) in [6.07, 6.45) is 0.227. The van der Waals surface area contributed by atoms with Crippen LogP contribution in [0.3, 0.4) is 0 Å². The maximum Gasteiger partial charge on any atom is 0.411 e. The van der Waals surface area contributed by atoms with Crippen molar-refractivity contribution in [3.8, 4) is 0 Å². The van der Waals surface area contributed by atoms with Crippen LogP contribution in [0, 0.1) is 5.92 Å². The number of carbonyl (C=O) groups excluding carboxylic acids is 2. The van der Waals surface area contributed by atoms with Gasteiger partial charge in [-0.1, -0.05) is 6.08 Å². The van der Waals surface area contributed by atoms with Crippen molar-refractivity contribution in [1.29, 1.82) is 0 Å². The summed E-state index contributed by atoms with van der Waals surface area (Å²) in [6, 6.07) is -0.961. The fourth-order valence-corrected chi connectivity index (χ4v) is 2.90. The number of carboxylic acid groups (broad SMARTS) is 1. The Morgan fingerprint density at radius 2 is 2.00 bits per heavy atom. The van der Waals surface area contributed by atoms with Crippen LogP contribution >= 0.6 is 0 Å². The molecule has 0 spiro atoms. The molecule has 8 nitrogen and oxygen atoms in total. The molecule has 0 aromatic rings. The summed E-state index contributed by atoms with van der Waals surface area (Å²) >= 11 is 0. The van der Waals surface area contributed by atoms with Crippen molar-refractivity contribution in [2.24, 2.45) is 5.92 Å². The number of β-amino-alcohol motifs (C(OH)–C–C–N with tert-alkyl or cyclic N) is 1. The fourth-order valence-electron chi connectivity index (χ4n) is 2.90. The molecule has 8 heteroatoms. The Bertz CT molecular complexity index is 569. The monoisotopic (exact) mass is 340 g/mol. The summed E-state index contributed by atoms with van der Waals surface area (Å²) in [7, 11) is 0. The maximum absolute atomic E-state index is 12.5. The van der Waals surface area contributed by atoms with Crippen LogP contribution in [0.1, 0.15) is 33.6 Å². The van der Waals surface area contributed by atoms with Gasteiger partial charge in [-0.05, 0) is 27.2 Å². The number of aliphatic carboxylic acids is 1. The predicted octanol–water partition coefficient (Wildman–Crippen LogP) is 0.502. The number of amides is 2. The summed E-state index contributed by atoms with van der Waals surface area (Å²) in [5, 5.41) is 21.7. The van der Waals surface area contributed by atoms with Crippen LogP contribution in [0.25, 0.3) is 0 Å². The second kappa shape index (κ2) is 6.08. The van der Waals surface area contributed by atoms with Gasteiger partial charge in [-0.3, -0.25) is 9.69 Å². The largest absolute Gasteiger partial charge is 0.479 e. The molecule has 2 rings (SSSR count). The number of carbonyl (C=O) groups is 3. The van der Waals surface area contributed by atoms with Crippen LogP contribution in [0.5, 0.6) is 0 Å². The smallest absolute Gasteiger partial charge is 0.411 e. The molecule has 24 heavy (non-hydrogen) atoms. The molecule has 2 amide bonds. The first-order valence-corrected chi connectivity index (χ1v) is 7.86. The SMILES string of the molecule is C=C[C@@H]1C[C@]1(NC(=O)[C@@H]1C[C@@H](O)CN1C(=O)OC(C)(C)C)C(=O)O. The van der Waals surface area contributed by atoms with E-state index >= 15 is 0 Å². The number of ether oxygens (including phenoxy) is 1. The molecule has 3 N–H and O–H groups in total. The van der Waals surface area contributed by atoms with Gasteiger partial charge in [-0.15, -0.1) is 6.58 Å². The zero-order valence-corrected chi connectivity index (χ0v) is 14.1. The number of aliphatic hydroxyl groups excluding tert-OH is 1. The van der Waals surface area contributed by atoms with Gasteiger partial charge in [-0.2, -0.15) is 0 Å². The first kappa shape index (κ1) is 18.3. The number of hydrogen-bond acceptors (Lipinski definition) is 5. The normalized spacial score (nSPS) is 32.2. The summed E-state index contributed by atoms with van der Waals surface area (Å²) in [5.74, 6) is -2.09. The average molecular weight is 340 g/mol. The summed E-state index contributed by atoms with van der Waals surface area (Å²) < 4.78 is 5.25. The van der Waals surface area contributed by atoms with Gasteiger partial charge in [0.1, 0.15) is 17.2 Å². The number of nitrogens with one attached hydrogen (secondary N) is 1. The molecular formula is C16H24N2O6. The van der Waals surface area contributed by atoms with Crippen molar-refractivity contribution < 1.29 is 29.3 Å². The molecule has 0 bridgehead atoms. The van der Waals surface area contributed by atoms with Crippen LogP contribution in [-0.2, 0) is 14.3 Å². The van der Waals surface area contributed by atoms with E-state index in [4.69, 9.17) is 4.74 Å². The lowest BCUT2D eigenvalue weighted by Crippen LogP contribution is -2.53. The lowest BCUT2D eigenvalue weighted by Gasteiger charge is -2.28. The zero-order chi connectivity index (χ0) is 18.3. The molecule has 0 radical (unpaired) electrons. The summed E-state index contributed by atoms with van der Waals surface area (Å²) in [6.45, 7) is 8.63. The molecule has 2 aliphatic rings. The van der Waals surface area contributed by atoms with Crippen molar-refractivity contribution in [1.82, 2.24) is 10.2 Å². The van der Waals surface area contributed by atoms with E-state index < -0.39 is 41.3 Å². The Kier molecular flexibility index (Phi) is 4.63. The molecule has 0 aromatic heterocycles. The topological polar surface area (TPSA) is 116 Å². The second-order valence-electron chi connectivity index (χ2n) is 7.35. The molecule has 134 valence electrons. The second-order valence-corrected chi connectivity index (χ2v) is 7.35. The molecule has 2 fully saturated rings. The molecule has 0 unspecified atom stereocenters. The zero-order valence-electron chi connectivity index (χ0n) is 14.1. The lowest BCUT2D eigenvalue weighted by atomic mass is 10.1. The molecule has 1 aliphatic heterocycles. The number of carboxylic acids is 1. The third-order valence-corrected chi connectivity index (χ3v) is 4.24. The highest BCUT2D eigenvalue weighted by molar-refractivity contribution is 5.94. The van der Waals surface area contributed by atoms with Gasteiger partial charge < -0.3 is 20.3 Å². The third kappa shape index (κ3) is 3.53. The van der Waals surface area contributed by atoms with Crippen molar-refractivity contribution >= 4 is 18.0 Å². The lowest BCUT2D eigenvalue weighted by molar-refractivity contribution is -0.144. The van der Waals surface area contributed by atoms with E-state index in [1.165, 1.54) is 6.08 Å². The number of rotatable bonds is 4. The third-order valence-electron chi connectivity index (χ3n) is 4.24. The van der Waals surface area contributed by atoms with Gasteiger partial charge in [0.2, 0.25) is 5.91 Å². The van der Waals surface area contributed by atoms with E-state index in [2.05, 4.69) is 11.9 Å². The molecule has 1 aliphatic carbocycles. The van der Waals surface area contributed by atoms with Gasteiger partial charge >= 0.3 is 12.1 Å². The minimum absolute atomic E-state index is 0.0298. The molecule has 1 heterocycles. The van der Waals surface area contributed by atoms with Crippen LogP contribution in [0.2, 0.25) is 0 Å². The van der Waals surface area contributed by atoms with Crippen LogP contribution < -0.4 is 5.32 Å². The van der Waals surface area contributed by atoms with Crippen molar-refractivity contribution in [2.75, 3.05) is 6.54 Å². The standard InChI is InChI=1S/C16H24N2O6/c1-5-9-7-16(9,13(21)22)17-12(20)11-6-10(19)8-18(11)14(23)24-15(2,3)4/h5,9-11,19H,1,6-8H2,2-4H3,(H,17,20)(H,21,22)/t9-,10-,11+,16-/m1/s1. The number of aliphatic hydroxyl groups is 1. The molecule has 1 saturated carbocycles. The fraction of sp³-hybridized carbons (Fsp3) is 0.688. The number of hydrogen-bond donors (Lipinski definition) is 3. The quantitative estimate of drug-likeness (QED) is 0.642. The van der Waals surface area contributed by atoms with Crippen molar-refractivity contribution in [3.05, 3.63) is 12.7 Å². The van der Waals surface area contributed by atoms with Gasteiger partial charge in [0, 0.05) is 12.3 Å². The Labute approximate surface area is 140 Å². The van der Waals surface area contributed by atoms with Crippen LogP contribution in [0.4, 0.5) is 4.79 Å². The van der Waals surface area contributed by atoms with Crippen molar-refractivity contribution in [2.45, 2.75) is 56.9 Å². The highest BCUT2D eigenvalue weighted by atomic mass is 16.6. The van der Waals surface area contributed by atoms with Crippen LogP contribution in [0.15, 0.2) is 12.7 Å². The van der Waals surface area contributed by atoms with E-state index in [0.29, 0.717) is 0 Å². The predicted molar refractivity (Wildman–Crippen MR) is 84.2 cm³/mol. The van der Waals surface area contributed by atoms with E-state index in [-0.39, 0.29) is 25.3 Å². The maximum atomic E-state index is 12.5. The van der Waals surface area contributed by atoms with E-state index in [9.17, 15) is 24.6 Å². The summed E-state index contributed by atoms with van der Waals surface area (Å²) in [5.41, 5.74) is -2.11. The Balaban J connectivity index is 2.11.